The molecule has 26 heavy (non-hydrogen) atoms. The number of alkyl carbamates (subject to hydrolysis) is 1. The van der Waals surface area contributed by atoms with Gasteiger partial charge in [0.15, 0.2) is 6.29 Å². The molecule has 0 aliphatic heterocycles. The van der Waals surface area contributed by atoms with E-state index in [0.717, 1.165) is 0 Å². The first-order valence-corrected chi connectivity index (χ1v) is 8.25. The number of rotatable bonds is 4. The van der Waals surface area contributed by atoms with Crippen LogP contribution < -0.4 is 5.32 Å². The summed E-state index contributed by atoms with van der Waals surface area (Å²) in [5.41, 5.74) is 0.664. The van der Waals surface area contributed by atoms with Gasteiger partial charge in [0.05, 0.1) is 11.2 Å². The maximum Gasteiger partial charge on any atom is 0.408 e. The molecule has 6 heteroatoms. The number of ether oxygens (including phenoxy) is 1. The molecular formula is C20H23FN2O3. The van der Waals surface area contributed by atoms with Crippen molar-refractivity contribution in [1.29, 1.82) is 0 Å². The second kappa shape index (κ2) is 7.23. The normalized spacial score (nSPS) is 11.8. The number of nitrogens with one attached hydrogen (secondary N) is 1. The molecule has 5 nitrogen and oxygen atoms in total. The third kappa shape index (κ3) is 5.12. The van der Waals surface area contributed by atoms with E-state index < -0.39 is 17.2 Å². The van der Waals surface area contributed by atoms with Crippen molar-refractivity contribution >= 4 is 12.4 Å². The fourth-order valence-corrected chi connectivity index (χ4v) is 2.37. The van der Waals surface area contributed by atoms with Crippen LogP contribution in [0.5, 0.6) is 0 Å². The van der Waals surface area contributed by atoms with E-state index in [1.807, 2.05) is 0 Å². The molecule has 0 aliphatic rings. The first-order valence-electron chi connectivity index (χ1n) is 8.25. The second-order valence-electron chi connectivity index (χ2n) is 7.54. The number of amides is 1. The average Bonchev–Trinajstić information content (AvgIpc) is 2.52. The van der Waals surface area contributed by atoms with Crippen molar-refractivity contribution in [1.82, 2.24) is 10.3 Å². The van der Waals surface area contributed by atoms with Crippen LogP contribution in [0.25, 0.3) is 11.3 Å². The van der Waals surface area contributed by atoms with Gasteiger partial charge in [-0.05, 0) is 76.6 Å². The Bertz CT molecular complexity index is 809. The van der Waals surface area contributed by atoms with Crippen LogP contribution in [0.3, 0.4) is 0 Å². The lowest BCUT2D eigenvalue weighted by atomic mass is 9.93. The molecule has 1 aromatic heterocycles. The van der Waals surface area contributed by atoms with E-state index in [0.29, 0.717) is 23.1 Å². The SMILES string of the molecule is CC(C)(C)OC(=O)NC(C)(C)c1cc(C=O)nc(-c2ccc(F)cc2)c1. The highest BCUT2D eigenvalue weighted by atomic mass is 19.1. The fourth-order valence-electron chi connectivity index (χ4n) is 2.37. The van der Waals surface area contributed by atoms with Crippen LogP contribution in [0.1, 0.15) is 50.7 Å². The van der Waals surface area contributed by atoms with Crippen LogP contribution >= 0.6 is 0 Å². The van der Waals surface area contributed by atoms with Crippen LogP contribution in [0.15, 0.2) is 36.4 Å². The summed E-state index contributed by atoms with van der Waals surface area (Å²) in [6.45, 7) is 8.94. The Morgan fingerprint density at radius 3 is 2.27 bits per heavy atom. The maximum atomic E-state index is 13.2. The van der Waals surface area contributed by atoms with E-state index >= 15 is 0 Å². The lowest BCUT2D eigenvalue weighted by Gasteiger charge is -2.29. The molecular weight excluding hydrogens is 335 g/mol. The minimum Gasteiger partial charge on any atom is -0.444 e. The topological polar surface area (TPSA) is 68.3 Å². The van der Waals surface area contributed by atoms with Crippen LogP contribution in [0.4, 0.5) is 9.18 Å². The molecule has 2 aromatic rings. The maximum absolute atomic E-state index is 13.2. The van der Waals surface area contributed by atoms with E-state index in [2.05, 4.69) is 10.3 Å². The molecule has 1 heterocycles. The first-order chi connectivity index (χ1) is 12.0. The Hall–Kier alpha value is -2.76. The summed E-state index contributed by atoms with van der Waals surface area (Å²) in [4.78, 5) is 27.7. The number of hydrogen-bond donors (Lipinski definition) is 1. The molecule has 0 saturated heterocycles. The second-order valence-corrected chi connectivity index (χ2v) is 7.54. The predicted octanol–water partition coefficient (Wildman–Crippen LogP) is 4.46. The smallest absolute Gasteiger partial charge is 0.408 e. The molecule has 0 saturated carbocycles. The van der Waals surface area contributed by atoms with Gasteiger partial charge in [-0.3, -0.25) is 4.79 Å². The standard InChI is InChI=1S/C20H23FN2O3/c1-19(2,3)26-18(25)23-20(4,5)14-10-16(12-24)22-17(11-14)13-6-8-15(21)9-7-13/h6-12H,1-5H3,(H,23,25). The summed E-state index contributed by atoms with van der Waals surface area (Å²) in [5.74, 6) is -0.354. The minimum atomic E-state index is -0.808. The van der Waals surface area contributed by atoms with Gasteiger partial charge in [-0.25, -0.2) is 14.2 Å². The fraction of sp³-hybridized carbons (Fsp3) is 0.350. The minimum absolute atomic E-state index is 0.223. The van der Waals surface area contributed by atoms with Crippen molar-refractivity contribution in [3.63, 3.8) is 0 Å². The molecule has 0 bridgehead atoms. The molecule has 0 radical (unpaired) electrons. The Labute approximate surface area is 152 Å². The van der Waals surface area contributed by atoms with Gasteiger partial charge in [-0.15, -0.1) is 0 Å². The van der Waals surface area contributed by atoms with Gasteiger partial charge in [-0.1, -0.05) is 0 Å². The zero-order chi connectivity index (χ0) is 19.5. The van der Waals surface area contributed by atoms with Gasteiger partial charge < -0.3 is 10.1 Å². The molecule has 0 atom stereocenters. The van der Waals surface area contributed by atoms with Crippen molar-refractivity contribution in [3.05, 3.63) is 53.5 Å². The number of benzene rings is 1. The zero-order valence-electron chi connectivity index (χ0n) is 15.6. The highest BCUT2D eigenvalue weighted by Gasteiger charge is 2.27. The monoisotopic (exact) mass is 358 g/mol. The lowest BCUT2D eigenvalue weighted by Crippen LogP contribution is -2.43. The highest BCUT2D eigenvalue weighted by molar-refractivity contribution is 5.75. The third-order valence-electron chi connectivity index (χ3n) is 3.64. The number of aldehydes is 1. The Kier molecular flexibility index (Phi) is 5.44. The van der Waals surface area contributed by atoms with Crippen LogP contribution in [-0.2, 0) is 10.3 Å². The number of carbonyl (C=O) groups is 2. The van der Waals surface area contributed by atoms with Crippen LogP contribution in [-0.4, -0.2) is 23.0 Å². The number of pyridine rings is 1. The first kappa shape index (κ1) is 19.6. The molecule has 1 aromatic carbocycles. The summed E-state index contributed by atoms with van der Waals surface area (Å²) in [6, 6.07) is 9.20. The number of nitrogens with zero attached hydrogens (tertiary/aromatic N) is 1. The summed E-state index contributed by atoms with van der Waals surface area (Å²) in [7, 11) is 0. The summed E-state index contributed by atoms with van der Waals surface area (Å²) in [5, 5.41) is 2.80. The molecule has 1 amide bonds. The third-order valence-corrected chi connectivity index (χ3v) is 3.64. The van der Waals surface area contributed by atoms with Gasteiger partial charge in [0.2, 0.25) is 0 Å². The highest BCUT2D eigenvalue weighted by Crippen LogP contribution is 2.26. The van der Waals surface area contributed by atoms with Crippen LogP contribution in [0, 0.1) is 5.82 Å². The van der Waals surface area contributed by atoms with Gasteiger partial charge in [0.25, 0.3) is 0 Å². The predicted molar refractivity (Wildman–Crippen MR) is 97.4 cm³/mol. The van der Waals surface area contributed by atoms with E-state index in [9.17, 15) is 14.0 Å². The van der Waals surface area contributed by atoms with Crippen molar-refractivity contribution < 1.29 is 18.7 Å². The lowest BCUT2D eigenvalue weighted by molar-refractivity contribution is 0.0470. The Morgan fingerprint density at radius 2 is 1.73 bits per heavy atom. The summed E-state index contributed by atoms with van der Waals surface area (Å²) in [6.07, 6.45) is 0.0791. The number of hydrogen-bond acceptors (Lipinski definition) is 4. The van der Waals surface area contributed by atoms with E-state index in [-0.39, 0.29) is 11.5 Å². The molecule has 0 fully saturated rings. The molecule has 0 unspecified atom stereocenters. The van der Waals surface area contributed by atoms with Crippen molar-refractivity contribution in [2.75, 3.05) is 0 Å². The van der Waals surface area contributed by atoms with E-state index in [4.69, 9.17) is 4.74 Å². The van der Waals surface area contributed by atoms with E-state index in [1.165, 1.54) is 12.1 Å². The number of halogens is 1. The van der Waals surface area contributed by atoms with Gasteiger partial charge >= 0.3 is 6.09 Å². The largest absolute Gasteiger partial charge is 0.444 e. The Morgan fingerprint density at radius 1 is 1.12 bits per heavy atom. The zero-order valence-corrected chi connectivity index (χ0v) is 15.6. The molecule has 138 valence electrons. The number of aromatic nitrogens is 1. The van der Waals surface area contributed by atoms with Gasteiger partial charge in [-0.2, -0.15) is 0 Å². The molecule has 2 rings (SSSR count). The van der Waals surface area contributed by atoms with Gasteiger partial charge in [0, 0.05) is 5.56 Å². The van der Waals surface area contributed by atoms with Crippen molar-refractivity contribution in [2.45, 2.75) is 45.8 Å². The van der Waals surface area contributed by atoms with Crippen molar-refractivity contribution in [2.24, 2.45) is 0 Å². The van der Waals surface area contributed by atoms with E-state index in [1.54, 1.807) is 58.9 Å². The summed E-state index contributed by atoms with van der Waals surface area (Å²) >= 11 is 0. The summed E-state index contributed by atoms with van der Waals surface area (Å²) < 4.78 is 18.5. The quantitative estimate of drug-likeness (QED) is 0.819. The molecule has 0 aliphatic carbocycles. The molecule has 0 spiro atoms. The van der Waals surface area contributed by atoms with Crippen molar-refractivity contribution in [3.8, 4) is 11.3 Å². The average molecular weight is 358 g/mol. The Balaban J connectivity index is 2.38. The van der Waals surface area contributed by atoms with Gasteiger partial charge in [0.1, 0.15) is 17.1 Å². The molecule has 1 N–H and O–H groups in total. The van der Waals surface area contributed by atoms with Crippen LogP contribution in [0.2, 0.25) is 0 Å². The number of carbonyl (C=O) groups excluding carboxylic acids is 2.